The third-order valence-corrected chi connectivity index (χ3v) is 5.61. The molecule has 154 valence electrons. The molecule has 2 aliphatic rings. The number of halogens is 1. The Hall–Kier alpha value is -2.42. The summed E-state index contributed by atoms with van der Waals surface area (Å²) in [7, 11) is 0. The topological polar surface area (TPSA) is 70.9 Å². The van der Waals surface area contributed by atoms with E-state index in [-0.39, 0.29) is 11.8 Å². The van der Waals surface area contributed by atoms with Crippen LogP contribution in [0.5, 0.6) is 0 Å². The summed E-state index contributed by atoms with van der Waals surface area (Å²) in [4.78, 5) is 31.0. The number of ether oxygens (including phenoxy) is 1. The zero-order valence-corrected chi connectivity index (χ0v) is 16.9. The summed E-state index contributed by atoms with van der Waals surface area (Å²) >= 11 is 6.21. The Morgan fingerprint density at radius 1 is 0.966 bits per heavy atom. The Kier molecular flexibility index (Phi) is 6.13. The first-order valence-corrected chi connectivity index (χ1v) is 10.2. The van der Waals surface area contributed by atoms with Crippen LogP contribution in [-0.4, -0.2) is 95.3 Å². The van der Waals surface area contributed by atoms with Gasteiger partial charge >= 0.3 is 0 Å². The SMILES string of the molecule is O=C(CN1CCOCC1)N1CCN(C(=O)c2ccn(-c3ccccc3Cl)n2)CC1. The molecule has 0 unspecified atom stereocenters. The van der Waals surface area contributed by atoms with E-state index < -0.39 is 0 Å². The Bertz CT molecular complexity index is 873. The van der Waals surface area contributed by atoms with Gasteiger partial charge in [0, 0.05) is 45.5 Å². The molecular weight excluding hydrogens is 394 g/mol. The molecule has 3 heterocycles. The summed E-state index contributed by atoms with van der Waals surface area (Å²) in [5.41, 5.74) is 1.10. The van der Waals surface area contributed by atoms with Crippen LogP contribution in [0.15, 0.2) is 36.5 Å². The van der Waals surface area contributed by atoms with Gasteiger partial charge in [-0.3, -0.25) is 14.5 Å². The summed E-state index contributed by atoms with van der Waals surface area (Å²) in [6, 6.07) is 9.05. The number of carbonyl (C=O) groups excluding carboxylic acids is 2. The van der Waals surface area contributed by atoms with Gasteiger partial charge in [-0.05, 0) is 18.2 Å². The standard InChI is InChI=1S/C20H24ClN5O3/c21-16-3-1-2-4-18(16)26-6-5-17(22-26)20(28)25-9-7-24(8-10-25)19(27)15-23-11-13-29-14-12-23/h1-6H,7-15H2. The van der Waals surface area contributed by atoms with Crippen molar-refractivity contribution in [2.45, 2.75) is 0 Å². The lowest BCUT2D eigenvalue weighted by Crippen LogP contribution is -2.53. The summed E-state index contributed by atoms with van der Waals surface area (Å²) in [6.07, 6.45) is 1.73. The van der Waals surface area contributed by atoms with E-state index >= 15 is 0 Å². The van der Waals surface area contributed by atoms with Gasteiger partial charge in [-0.1, -0.05) is 23.7 Å². The second-order valence-corrected chi connectivity index (χ2v) is 7.57. The van der Waals surface area contributed by atoms with Gasteiger partial charge in [0.1, 0.15) is 0 Å². The first-order valence-electron chi connectivity index (χ1n) is 9.79. The number of benzene rings is 1. The van der Waals surface area contributed by atoms with Crippen molar-refractivity contribution in [2.75, 3.05) is 59.0 Å². The minimum Gasteiger partial charge on any atom is -0.379 e. The fourth-order valence-electron chi connectivity index (χ4n) is 3.58. The highest BCUT2D eigenvalue weighted by atomic mass is 35.5. The highest BCUT2D eigenvalue weighted by molar-refractivity contribution is 6.32. The monoisotopic (exact) mass is 417 g/mol. The van der Waals surface area contributed by atoms with Crippen LogP contribution in [0.2, 0.25) is 5.02 Å². The maximum absolute atomic E-state index is 12.8. The van der Waals surface area contributed by atoms with Crippen LogP contribution in [-0.2, 0) is 9.53 Å². The van der Waals surface area contributed by atoms with Crippen molar-refractivity contribution in [2.24, 2.45) is 0 Å². The molecule has 2 aromatic rings. The second-order valence-electron chi connectivity index (χ2n) is 7.16. The number of piperazine rings is 1. The third kappa shape index (κ3) is 4.60. The molecule has 2 aliphatic heterocycles. The van der Waals surface area contributed by atoms with Gasteiger partial charge in [0.05, 0.1) is 30.5 Å². The number of para-hydroxylation sites is 1. The zero-order valence-electron chi connectivity index (χ0n) is 16.2. The van der Waals surface area contributed by atoms with Crippen LogP contribution in [0.3, 0.4) is 0 Å². The van der Waals surface area contributed by atoms with E-state index in [2.05, 4.69) is 10.00 Å². The lowest BCUT2D eigenvalue weighted by molar-refractivity contribution is -0.134. The van der Waals surface area contributed by atoms with Gasteiger partial charge in [-0.15, -0.1) is 0 Å². The highest BCUT2D eigenvalue weighted by Crippen LogP contribution is 2.19. The minimum atomic E-state index is -0.129. The highest BCUT2D eigenvalue weighted by Gasteiger charge is 2.27. The van der Waals surface area contributed by atoms with Crippen molar-refractivity contribution < 1.29 is 14.3 Å². The Morgan fingerprint density at radius 2 is 1.66 bits per heavy atom. The Morgan fingerprint density at radius 3 is 2.38 bits per heavy atom. The first-order chi connectivity index (χ1) is 14.1. The fraction of sp³-hybridized carbons (Fsp3) is 0.450. The van der Waals surface area contributed by atoms with Crippen molar-refractivity contribution >= 4 is 23.4 Å². The van der Waals surface area contributed by atoms with E-state index in [0.29, 0.717) is 56.7 Å². The van der Waals surface area contributed by atoms with Gasteiger partial charge in [-0.25, -0.2) is 4.68 Å². The van der Waals surface area contributed by atoms with E-state index in [0.717, 1.165) is 18.8 Å². The van der Waals surface area contributed by atoms with Gasteiger partial charge in [0.25, 0.3) is 5.91 Å². The molecule has 4 rings (SSSR count). The van der Waals surface area contributed by atoms with Gasteiger partial charge < -0.3 is 14.5 Å². The lowest BCUT2D eigenvalue weighted by atomic mass is 10.2. The van der Waals surface area contributed by atoms with E-state index in [1.165, 1.54) is 0 Å². The number of morpholine rings is 1. The summed E-state index contributed by atoms with van der Waals surface area (Å²) in [5.74, 6) is -0.0157. The van der Waals surface area contributed by atoms with E-state index in [9.17, 15) is 9.59 Å². The van der Waals surface area contributed by atoms with Gasteiger partial charge in [0.2, 0.25) is 5.91 Å². The largest absolute Gasteiger partial charge is 0.379 e. The Labute approximate surface area is 174 Å². The maximum atomic E-state index is 12.8. The number of amides is 2. The van der Waals surface area contributed by atoms with Crippen molar-refractivity contribution in [3.05, 3.63) is 47.2 Å². The molecule has 2 saturated heterocycles. The van der Waals surface area contributed by atoms with Crippen LogP contribution < -0.4 is 0 Å². The minimum absolute atomic E-state index is 0.113. The molecule has 0 spiro atoms. The van der Waals surface area contributed by atoms with Gasteiger partial charge in [-0.2, -0.15) is 5.10 Å². The van der Waals surface area contributed by atoms with Crippen molar-refractivity contribution in [3.8, 4) is 5.69 Å². The molecule has 1 aromatic carbocycles. The van der Waals surface area contributed by atoms with Crippen molar-refractivity contribution in [1.82, 2.24) is 24.5 Å². The normalized spacial score (nSPS) is 18.1. The Balaban J connectivity index is 1.32. The summed E-state index contributed by atoms with van der Waals surface area (Å²) < 4.78 is 6.93. The van der Waals surface area contributed by atoms with Crippen LogP contribution in [0.1, 0.15) is 10.5 Å². The van der Waals surface area contributed by atoms with Crippen molar-refractivity contribution in [1.29, 1.82) is 0 Å². The number of hydrogen-bond acceptors (Lipinski definition) is 5. The predicted molar refractivity (Wildman–Crippen MR) is 108 cm³/mol. The smallest absolute Gasteiger partial charge is 0.274 e. The molecule has 0 saturated carbocycles. The molecule has 2 fully saturated rings. The van der Waals surface area contributed by atoms with E-state index in [1.807, 2.05) is 23.1 Å². The molecule has 0 bridgehead atoms. The van der Waals surface area contributed by atoms with Crippen LogP contribution >= 0.6 is 11.6 Å². The van der Waals surface area contributed by atoms with Crippen LogP contribution in [0.25, 0.3) is 5.69 Å². The molecule has 1 aromatic heterocycles. The summed E-state index contributed by atoms with van der Waals surface area (Å²) in [5, 5.41) is 4.96. The van der Waals surface area contributed by atoms with E-state index in [1.54, 1.807) is 27.9 Å². The molecule has 8 nitrogen and oxygen atoms in total. The molecule has 2 amide bonds. The quantitative estimate of drug-likeness (QED) is 0.746. The average molecular weight is 418 g/mol. The second kappa shape index (κ2) is 8.94. The number of rotatable bonds is 4. The third-order valence-electron chi connectivity index (χ3n) is 5.29. The number of nitrogens with zero attached hydrogens (tertiary/aromatic N) is 5. The lowest BCUT2D eigenvalue weighted by Gasteiger charge is -2.36. The van der Waals surface area contributed by atoms with Crippen LogP contribution in [0, 0.1) is 0 Å². The summed E-state index contributed by atoms with van der Waals surface area (Å²) in [6.45, 7) is 5.45. The number of aromatic nitrogens is 2. The molecule has 0 N–H and O–H groups in total. The van der Waals surface area contributed by atoms with Crippen LogP contribution in [0.4, 0.5) is 0 Å². The first kappa shape index (κ1) is 19.9. The fourth-order valence-corrected chi connectivity index (χ4v) is 3.80. The van der Waals surface area contributed by atoms with E-state index in [4.69, 9.17) is 16.3 Å². The average Bonchev–Trinajstić information content (AvgIpc) is 3.24. The zero-order chi connectivity index (χ0) is 20.2. The molecule has 9 heteroatoms. The number of carbonyl (C=O) groups is 2. The molecule has 0 aliphatic carbocycles. The van der Waals surface area contributed by atoms with Crippen molar-refractivity contribution in [3.63, 3.8) is 0 Å². The van der Waals surface area contributed by atoms with Gasteiger partial charge in [0.15, 0.2) is 5.69 Å². The molecule has 29 heavy (non-hydrogen) atoms. The predicted octanol–water partition coefficient (Wildman–Crippen LogP) is 1.14. The maximum Gasteiger partial charge on any atom is 0.274 e. The molecular formula is C20H24ClN5O3. The molecule has 0 radical (unpaired) electrons. The molecule has 0 atom stereocenters. The number of hydrogen-bond donors (Lipinski definition) is 0.